The van der Waals surface area contributed by atoms with Gasteiger partial charge >= 0.3 is 0 Å². The highest BCUT2D eigenvalue weighted by Crippen LogP contribution is 2.47. The van der Waals surface area contributed by atoms with Crippen LogP contribution < -0.4 is 10.5 Å². The maximum atomic E-state index is 11.5. The third-order valence-electron chi connectivity index (χ3n) is 4.85. The van der Waals surface area contributed by atoms with Gasteiger partial charge < -0.3 is 10.5 Å². The normalized spacial score (nSPS) is 18.6. The van der Waals surface area contributed by atoms with Crippen LogP contribution in [0.25, 0.3) is 0 Å². The first-order valence-corrected chi connectivity index (χ1v) is 8.69. The van der Waals surface area contributed by atoms with Gasteiger partial charge in [-0.2, -0.15) is 5.26 Å². The van der Waals surface area contributed by atoms with E-state index >= 15 is 0 Å². The second-order valence-corrected chi connectivity index (χ2v) is 8.94. The Labute approximate surface area is 154 Å². The van der Waals surface area contributed by atoms with E-state index in [0.717, 1.165) is 11.1 Å². The van der Waals surface area contributed by atoms with Gasteiger partial charge in [-0.1, -0.05) is 53.7 Å². The number of benzene rings is 1. The number of ether oxygens (including phenoxy) is 1. The summed E-state index contributed by atoms with van der Waals surface area (Å²) in [5.41, 5.74) is 8.33. The van der Waals surface area contributed by atoms with E-state index in [1.165, 1.54) is 6.92 Å². The largest absolute Gasteiger partial charge is 0.440 e. The molecule has 0 saturated carbocycles. The van der Waals surface area contributed by atoms with Crippen LogP contribution in [0.1, 0.15) is 71.1 Å². The van der Waals surface area contributed by atoms with Crippen LogP contribution in [-0.4, -0.2) is 11.0 Å². The van der Waals surface area contributed by atoms with Crippen molar-refractivity contribution in [2.75, 3.05) is 0 Å². The zero-order valence-electron chi connectivity index (χ0n) is 16.5. The van der Waals surface area contributed by atoms with Crippen LogP contribution in [0.3, 0.4) is 0 Å². The highest BCUT2D eigenvalue weighted by atomic mass is 16.6. The number of nitrogens with two attached hydrogens (primary N) is 1. The van der Waals surface area contributed by atoms with Crippen LogP contribution in [0.5, 0.6) is 5.75 Å². The third kappa shape index (κ3) is 3.39. The minimum absolute atomic E-state index is 0.0484. The average Bonchev–Trinajstić information content (AvgIpc) is 2.49. The fourth-order valence-electron chi connectivity index (χ4n) is 3.21. The Morgan fingerprint density at radius 1 is 1.23 bits per heavy atom. The standard InChI is InChI=1S/C20H27N3O3/c1-11(23(24)25)16-13-8-12(19(2,3)4)9-15(20(5,6)7)17(13)26-18(22)14(16)10-21/h8-9,11,16H,22H2,1-7H3. The van der Waals surface area contributed by atoms with Gasteiger partial charge in [-0.05, 0) is 16.4 Å². The molecule has 0 saturated heterocycles. The summed E-state index contributed by atoms with van der Waals surface area (Å²) in [5, 5.41) is 21.1. The van der Waals surface area contributed by atoms with E-state index in [-0.39, 0.29) is 27.2 Å². The second kappa shape index (κ2) is 6.31. The van der Waals surface area contributed by atoms with Gasteiger partial charge in [0.1, 0.15) is 17.4 Å². The molecule has 0 bridgehead atoms. The van der Waals surface area contributed by atoms with Crippen molar-refractivity contribution in [3.63, 3.8) is 0 Å². The Morgan fingerprint density at radius 2 is 1.81 bits per heavy atom. The maximum absolute atomic E-state index is 11.5. The lowest BCUT2D eigenvalue weighted by Crippen LogP contribution is -2.33. The van der Waals surface area contributed by atoms with Crippen molar-refractivity contribution in [3.05, 3.63) is 50.4 Å². The number of nitriles is 1. The molecule has 0 fully saturated rings. The van der Waals surface area contributed by atoms with Gasteiger partial charge in [-0.15, -0.1) is 0 Å². The summed E-state index contributed by atoms with van der Waals surface area (Å²) in [7, 11) is 0. The molecule has 0 aliphatic carbocycles. The maximum Gasteiger partial charge on any atom is 0.222 e. The number of nitro groups is 1. The molecule has 0 spiro atoms. The first kappa shape index (κ1) is 19.8. The van der Waals surface area contributed by atoms with E-state index in [2.05, 4.69) is 47.6 Å². The minimum Gasteiger partial charge on any atom is -0.440 e. The zero-order valence-corrected chi connectivity index (χ0v) is 16.5. The van der Waals surface area contributed by atoms with Gasteiger partial charge in [0.2, 0.25) is 11.9 Å². The summed E-state index contributed by atoms with van der Waals surface area (Å²) >= 11 is 0. The highest BCUT2D eigenvalue weighted by Gasteiger charge is 2.41. The Hall–Kier alpha value is -2.55. The van der Waals surface area contributed by atoms with Crippen molar-refractivity contribution in [1.29, 1.82) is 5.26 Å². The molecule has 2 rings (SSSR count). The molecule has 6 heteroatoms. The lowest BCUT2D eigenvalue weighted by Gasteiger charge is -2.34. The molecule has 1 aliphatic rings. The summed E-state index contributed by atoms with van der Waals surface area (Å²) in [6.45, 7) is 14.0. The second-order valence-electron chi connectivity index (χ2n) is 8.94. The van der Waals surface area contributed by atoms with E-state index in [0.29, 0.717) is 11.3 Å². The van der Waals surface area contributed by atoms with Crippen LogP contribution in [-0.2, 0) is 10.8 Å². The van der Waals surface area contributed by atoms with Gasteiger partial charge in [0, 0.05) is 23.0 Å². The summed E-state index contributed by atoms with van der Waals surface area (Å²) in [6, 6.07) is 5.04. The van der Waals surface area contributed by atoms with Crippen LogP contribution in [0, 0.1) is 21.4 Å². The number of hydrogen-bond donors (Lipinski definition) is 1. The van der Waals surface area contributed by atoms with Crippen LogP contribution in [0.2, 0.25) is 0 Å². The smallest absolute Gasteiger partial charge is 0.222 e. The molecular weight excluding hydrogens is 330 g/mol. The molecule has 0 amide bonds. The Balaban J connectivity index is 2.89. The van der Waals surface area contributed by atoms with Crippen molar-refractivity contribution >= 4 is 0 Å². The molecule has 140 valence electrons. The Morgan fingerprint density at radius 3 is 2.23 bits per heavy atom. The lowest BCUT2D eigenvalue weighted by molar-refractivity contribution is -0.520. The first-order chi connectivity index (χ1) is 11.8. The summed E-state index contributed by atoms with van der Waals surface area (Å²) in [6.07, 6.45) is 0. The van der Waals surface area contributed by atoms with Crippen molar-refractivity contribution < 1.29 is 9.66 Å². The molecular formula is C20H27N3O3. The van der Waals surface area contributed by atoms with Crippen LogP contribution >= 0.6 is 0 Å². The van der Waals surface area contributed by atoms with Gasteiger partial charge in [0.25, 0.3) is 0 Å². The molecule has 1 aromatic rings. The van der Waals surface area contributed by atoms with Gasteiger partial charge in [-0.3, -0.25) is 10.1 Å². The monoisotopic (exact) mass is 357 g/mol. The number of fused-ring (bicyclic) bond motifs is 1. The molecule has 0 radical (unpaired) electrons. The summed E-state index contributed by atoms with van der Waals surface area (Å²) in [5.74, 6) is -0.240. The molecule has 2 N–H and O–H groups in total. The lowest BCUT2D eigenvalue weighted by atomic mass is 9.74. The van der Waals surface area contributed by atoms with E-state index in [1.807, 2.05) is 12.1 Å². The quantitative estimate of drug-likeness (QED) is 0.633. The molecule has 26 heavy (non-hydrogen) atoms. The van der Waals surface area contributed by atoms with Gasteiger partial charge in [0.15, 0.2) is 0 Å². The van der Waals surface area contributed by atoms with Crippen LogP contribution in [0.15, 0.2) is 23.6 Å². The minimum atomic E-state index is -0.992. The molecule has 1 heterocycles. The van der Waals surface area contributed by atoms with E-state index in [4.69, 9.17) is 10.5 Å². The predicted molar refractivity (Wildman–Crippen MR) is 100 cm³/mol. The summed E-state index contributed by atoms with van der Waals surface area (Å²) < 4.78 is 5.83. The van der Waals surface area contributed by atoms with Crippen molar-refractivity contribution in [3.8, 4) is 11.8 Å². The molecule has 0 aromatic heterocycles. The zero-order chi connectivity index (χ0) is 20.0. The third-order valence-corrected chi connectivity index (χ3v) is 4.85. The number of hydrogen-bond acceptors (Lipinski definition) is 5. The average molecular weight is 357 g/mol. The number of nitrogens with zero attached hydrogens (tertiary/aromatic N) is 2. The van der Waals surface area contributed by atoms with Gasteiger partial charge in [-0.25, -0.2) is 0 Å². The SMILES string of the molecule is CC(C1C(C#N)=C(N)Oc2c1cc(C(C)(C)C)cc2C(C)(C)C)[N+](=O)[O-]. The molecule has 2 unspecified atom stereocenters. The van der Waals surface area contributed by atoms with Crippen molar-refractivity contribution in [2.45, 2.75) is 71.3 Å². The summed E-state index contributed by atoms with van der Waals surface area (Å²) in [4.78, 5) is 11.2. The molecule has 6 nitrogen and oxygen atoms in total. The molecule has 2 atom stereocenters. The van der Waals surface area contributed by atoms with Crippen molar-refractivity contribution in [1.82, 2.24) is 0 Å². The van der Waals surface area contributed by atoms with E-state index in [1.54, 1.807) is 0 Å². The number of rotatable bonds is 2. The fourth-order valence-corrected chi connectivity index (χ4v) is 3.21. The predicted octanol–water partition coefficient (Wildman–Crippen LogP) is 4.12. The molecule has 1 aliphatic heterocycles. The van der Waals surface area contributed by atoms with E-state index in [9.17, 15) is 15.4 Å². The Bertz CT molecular complexity index is 820. The van der Waals surface area contributed by atoms with E-state index < -0.39 is 12.0 Å². The van der Waals surface area contributed by atoms with Crippen LogP contribution in [0.4, 0.5) is 0 Å². The first-order valence-electron chi connectivity index (χ1n) is 8.69. The van der Waals surface area contributed by atoms with Crippen molar-refractivity contribution in [2.24, 2.45) is 5.73 Å². The Kier molecular flexibility index (Phi) is 4.80. The fraction of sp³-hybridized carbons (Fsp3) is 0.550. The topological polar surface area (TPSA) is 102 Å². The van der Waals surface area contributed by atoms with Gasteiger partial charge in [0.05, 0.1) is 5.92 Å². The highest BCUT2D eigenvalue weighted by molar-refractivity contribution is 5.58. The molecule has 1 aromatic carbocycles.